The van der Waals surface area contributed by atoms with Crippen molar-refractivity contribution in [2.75, 3.05) is 18.5 Å². The molecule has 2 unspecified atom stereocenters. The van der Waals surface area contributed by atoms with Gasteiger partial charge in [-0.15, -0.1) is 0 Å². The fraction of sp³-hybridized carbons (Fsp3) is 0.533. The Labute approximate surface area is 118 Å². The first-order chi connectivity index (χ1) is 9.72. The van der Waals surface area contributed by atoms with E-state index in [4.69, 9.17) is 15.2 Å². The molecule has 0 spiro atoms. The number of carbonyl (C=O) groups excluding carboxylic acids is 1. The minimum absolute atomic E-state index is 0.0287. The van der Waals surface area contributed by atoms with Crippen LogP contribution < -0.4 is 20.5 Å². The number of nitrogens with one attached hydrogen (secondary N) is 1. The number of fused-ring (bicyclic) bond motifs is 1. The van der Waals surface area contributed by atoms with Crippen LogP contribution in [0.15, 0.2) is 18.2 Å². The highest BCUT2D eigenvalue weighted by Gasteiger charge is 2.27. The molecule has 2 aliphatic rings. The average Bonchev–Trinajstić information content (AvgIpc) is 2.74. The lowest BCUT2D eigenvalue weighted by Crippen LogP contribution is -2.23. The minimum atomic E-state index is 0.0287. The first-order valence-corrected chi connectivity index (χ1v) is 7.18. The molecule has 20 heavy (non-hydrogen) atoms. The molecule has 5 nitrogen and oxygen atoms in total. The Hall–Kier alpha value is -1.75. The molecule has 0 radical (unpaired) electrons. The van der Waals surface area contributed by atoms with Crippen LogP contribution in [0, 0.1) is 5.92 Å². The third-order valence-electron chi connectivity index (χ3n) is 3.86. The Balaban J connectivity index is 1.68. The fourth-order valence-electron chi connectivity index (χ4n) is 2.74. The van der Waals surface area contributed by atoms with Crippen molar-refractivity contribution in [1.29, 1.82) is 0 Å². The molecule has 1 aliphatic heterocycles. The van der Waals surface area contributed by atoms with E-state index in [0.717, 1.165) is 37.1 Å². The van der Waals surface area contributed by atoms with Crippen LogP contribution in [0.3, 0.4) is 0 Å². The van der Waals surface area contributed by atoms with Crippen LogP contribution in [0.2, 0.25) is 0 Å². The van der Waals surface area contributed by atoms with E-state index in [9.17, 15) is 4.79 Å². The van der Waals surface area contributed by atoms with Gasteiger partial charge in [0.25, 0.3) is 0 Å². The van der Waals surface area contributed by atoms with Gasteiger partial charge in [0.05, 0.1) is 13.2 Å². The van der Waals surface area contributed by atoms with Gasteiger partial charge in [-0.05, 0) is 31.4 Å². The van der Waals surface area contributed by atoms with E-state index in [0.29, 0.717) is 19.0 Å². The van der Waals surface area contributed by atoms with Crippen molar-refractivity contribution in [3.63, 3.8) is 0 Å². The van der Waals surface area contributed by atoms with Gasteiger partial charge >= 0.3 is 0 Å². The number of ether oxygens (including phenoxy) is 2. The van der Waals surface area contributed by atoms with Crippen LogP contribution in [-0.4, -0.2) is 25.2 Å². The summed E-state index contributed by atoms with van der Waals surface area (Å²) in [6, 6.07) is 5.68. The SMILES string of the molecule is NC1CCC(C(=O)Nc2ccc3c(c2)OCCCO3)C1. The smallest absolute Gasteiger partial charge is 0.227 e. The molecule has 0 bridgehead atoms. The number of carbonyl (C=O) groups is 1. The number of hydrogen-bond donors (Lipinski definition) is 2. The zero-order chi connectivity index (χ0) is 13.9. The third kappa shape index (κ3) is 2.88. The monoisotopic (exact) mass is 276 g/mol. The van der Waals surface area contributed by atoms with Crippen molar-refractivity contribution < 1.29 is 14.3 Å². The quantitative estimate of drug-likeness (QED) is 0.865. The summed E-state index contributed by atoms with van der Waals surface area (Å²) < 4.78 is 11.2. The van der Waals surface area contributed by atoms with Gasteiger partial charge in [-0.3, -0.25) is 4.79 Å². The van der Waals surface area contributed by atoms with Gasteiger partial charge in [0.2, 0.25) is 5.91 Å². The Bertz CT molecular complexity index is 504. The van der Waals surface area contributed by atoms with Crippen molar-refractivity contribution in [1.82, 2.24) is 0 Å². The Morgan fingerprint density at radius 2 is 2.00 bits per heavy atom. The zero-order valence-electron chi connectivity index (χ0n) is 11.4. The van der Waals surface area contributed by atoms with E-state index in [1.54, 1.807) is 0 Å². The molecule has 5 heteroatoms. The summed E-state index contributed by atoms with van der Waals surface area (Å²) in [5, 5.41) is 2.94. The van der Waals surface area contributed by atoms with Crippen molar-refractivity contribution in [3.05, 3.63) is 18.2 Å². The lowest BCUT2D eigenvalue weighted by molar-refractivity contribution is -0.119. The maximum Gasteiger partial charge on any atom is 0.227 e. The zero-order valence-corrected chi connectivity index (χ0v) is 11.4. The molecule has 3 rings (SSSR count). The van der Waals surface area contributed by atoms with Gasteiger partial charge in [-0.2, -0.15) is 0 Å². The van der Waals surface area contributed by atoms with Crippen LogP contribution in [0.1, 0.15) is 25.7 Å². The second-order valence-electron chi connectivity index (χ2n) is 5.47. The maximum absolute atomic E-state index is 12.2. The van der Waals surface area contributed by atoms with Crippen LogP contribution in [0.5, 0.6) is 11.5 Å². The molecular weight excluding hydrogens is 256 g/mol. The summed E-state index contributed by atoms with van der Waals surface area (Å²) in [6.45, 7) is 1.31. The largest absolute Gasteiger partial charge is 0.490 e. The third-order valence-corrected chi connectivity index (χ3v) is 3.86. The summed E-state index contributed by atoms with van der Waals surface area (Å²) in [7, 11) is 0. The highest BCUT2D eigenvalue weighted by Crippen LogP contribution is 2.33. The summed E-state index contributed by atoms with van der Waals surface area (Å²) in [5.74, 6) is 1.51. The summed E-state index contributed by atoms with van der Waals surface area (Å²) in [5.41, 5.74) is 6.60. The molecule has 1 heterocycles. The standard InChI is InChI=1S/C15H20N2O3/c16-11-3-2-10(8-11)15(18)17-12-4-5-13-14(9-12)20-7-1-6-19-13/h4-5,9-11H,1-3,6-8,16H2,(H,17,18). The first-order valence-electron chi connectivity index (χ1n) is 7.18. The topological polar surface area (TPSA) is 73.6 Å². The molecule has 1 amide bonds. The highest BCUT2D eigenvalue weighted by molar-refractivity contribution is 5.93. The van der Waals surface area contributed by atoms with Gasteiger partial charge in [0.15, 0.2) is 11.5 Å². The predicted octanol–water partition coefficient (Wildman–Crippen LogP) is 1.91. The molecule has 0 aromatic heterocycles. The van der Waals surface area contributed by atoms with Crippen LogP contribution in [0.25, 0.3) is 0 Å². The predicted molar refractivity (Wildman–Crippen MR) is 76.0 cm³/mol. The van der Waals surface area contributed by atoms with Gasteiger partial charge < -0.3 is 20.5 Å². The summed E-state index contributed by atoms with van der Waals surface area (Å²) in [4.78, 5) is 12.2. The number of anilines is 1. The molecule has 1 fully saturated rings. The van der Waals surface area contributed by atoms with Gasteiger partial charge in [-0.1, -0.05) is 0 Å². The Kier molecular flexibility index (Phi) is 3.78. The van der Waals surface area contributed by atoms with Crippen LogP contribution in [0.4, 0.5) is 5.69 Å². The van der Waals surface area contributed by atoms with Crippen molar-refractivity contribution >= 4 is 11.6 Å². The number of rotatable bonds is 2. The van der Waals surface area contributed by atoms with Gasteiger partial charge in [0.1, 0.15) is 0 Å². The van der Waals surface area contributed by atoms with E-state index < -0.39 is 0 Å². The molecule has 3 N–H and O–H groups in total. The molecule has 0 saturated heterocycles. The average molecular weight is 276 g/mol. The Morgan fingerprint density at radius 1 is 1.20 bits per heavy atom. The van der Waals surface area contributed by atoms with Crippen molar-refractivity contribution in [3.8, 4) is 11.5 Å². The molecule has 1 aromatic carbocycles. The fourth-order valence-corrected chi connectivity index (χ4v) is 2.74. The number of nitrogens with two attached hydrogens (primary N) is 1. The molecule has 1 saturated carbocycles. The normalized spacial score (nSPS) is 25.1. The number of amides is 1. The van der Waals surface area contributed by atoms with Crippen molar-refractivity contribution in [2.45, 2.75) is 31.7 Å². The van der Waals surface area contributed by atoms with Gasteiger partial charge in [-0.25, -0.2) is 0 Å². The van der Waals surface area contributed by atoms with E-state index in [-0.39, 0.29) is 17.9 Å². The Morgan fingerprint density at radius 3 is 2.75 bits per heavy atom. The lowest BCUT2D eigenvalue weighted by Gasteiger charge is -2.13. The summed E-state index contributed by atoms with van der Waals surface area (Å²) >= 11 is 0. The second-order valence-corrected chi connectivity index (χ2v) is 5.47. The number of benzene rings is 1. The second kappa shape index (κ2) is 5.71. The van der Waals surface area contributed by atoms with Crippen molar-refractivity contribution in [2.24, 2.45) is 11.7 Å². The molecule has 108 valence electrons. The molecule has 1 aromatic rings. The van der Waals surface area contributed by atoms with E-state index in [1.807, 2.05) is 18.2 Å². The lowest BCUT2D eigenvalue weighted by atomic mass is 10.1. The van der Waals surface area contributed by atoms with E-state index >= 15 is 0 Å². The minimum Gasteiger partial charge on any atom is -0.490 e. The number of hydrogen-bond acceptors (Lipinski definition) is 4. The van der Waals surface area contributed by atoms with E-state index in [2.05, 4.69) is 5.32 Å². The maximum atomic E-state index is 12.2. The highest BCUT2D eigenvalue weighted by atomic mass is 16.5. The van der Waals surface area contributed by atoms with Crippen LogP contribution in [-0.2, 0) is 4.79 Å². The first kappa shape index (κ1) is 13.2. The van der Waals surface area contributed by atoms with Crippen LogP contribution >= 0.6 is 0 Å². The summed E-state index contributed by atoms with van der Waals surface area (Å²) in [6.07, 6.45) is 3.45. The molecule has 1 aliphatic carbocycles. The van der Waals surface area contributed by atoms with E-state index in [1.165, 1.54) is 0 Å². The van der Waals surface area contributed by atoms with Gasteiger partial charge in [0, 0.05) is 30.1 Å². The molecular formula is C15H20N2O3. The molecule has 2 atom stereocenters.